The molecule has 0 amide bonds. The Morgan fingerprint density at radius 1 is 0.947 bits per heavy atom. The average Bonchev–Trinajstić information content (AvgIpc) is 2.82. The van der Waals surface area contributed by atoms with Crippen LogP contribution in [0.4, 0.5) is 0 Å². The summed E-state index contributed by atoms with van der Waals surface area (Å²) in [5, 5.41) is 0.678. The molecule has 0 aliphatic heterocycles. The molecule has 0 saturated heterocycles. The summed E-state index contributed by atoms with van der Waals surface area (Å²) in [7, 11) is 0. The highest BCUT2D eigenvalue weighted by Gasteiger charge is 2.06. The molecule has 1 heterocycles. The first-order chi connectivity index (χ1) is 9.25. The Morgan fingerprint density at radius 3 is 2.37 bits per heavy atom. The number of nitrogens with one attached hydrogen (secondary N) is 1. The van der Waals surface area contributed by atoms with Crippen LogP contribution in [-0.4, -0.2) is 9.55 Å². The van der Waals surface area contributed by atoms with Crippen molar-refractivity contribution in [1.82, 2.24) is 9.55 Å². The summed E-state index contributed by atoms with van der Waals surface area (Å²) >= 11 is 11.6. The molecule has 0 atom stereocenters. The van der Waals surface area contributed by atoms with E-state index in [0.717, 1.165) is 16.9 Å². The standard InChI is InChI=1S/C15H11ClN2S/c16-12-8-4-5-9-14(12)18-10-13(17-15(18)19)11-6-2-1-3-7-11/h1-10H,(H,17,19). The highest BCUT2D eigenvalue weighted by Crippen LogP contribution is 2.24. The van der Waals surface area contributed by atoms with E-state index in [1.54, 1.807) is 0 Å². The maximum atomic E-state index is 6.20. The zero-order chi connectivity index (χ0) is 13.2. The highest BCUT2D eigenvalue weighted by molar-refractivity contribution is 7.71. The van der Waals surface area contributed by atoms with E-state index in [4.69, 9.17) is 23.8 Å². The van der Waals surface area contributed by atoms with E-state index in [9.17, 15) is 0 Å². The van der Waals surface area contributed by atoms with Crippen LogP contribution in [0.25, 0.3) is 16.9 Å². The lowest BCUT2D eigenvalue weighted by Gasteiger charge is -2.03. The Labute approximate surface area is 121 Å². The molecule has 0 unspecified atom stereocenters. The van der Waals surface area contributed by atoms with E-state index in [1.807, 2.05) is 65.4 Å². The van der Waals surface area contributed by atoms with Gasteiger partial charge in [-0.1, -0.05) is 54.1 Å². The summed E-state index contributed by atoms with van der Waals surface area (Å²) < 4.78 is 2.52. The Balaban J connectivity index is 2.14. The van der Waals surface area contributed by atoms with E-state index in [-0.39, 0.29) is 0 Å². The van der Waals surface area contributed by atoms with Crippen molar-refractivity contribution in [1.29, 1.82) is 0 Å². The van der Waals surface area contributed by atoms with Crippen molar-refractivity contribution in [2.45, 2.75) is 0 Å². The summed E-state index contributed by atoms with van der Waals surface area (Å²) in [6.07, 6.45) is 1.97. The van der Waals surface area contributed by atoms with Gasteiger partial charge in [0.1, 0.15) is 0 Å². The molecule has 0 aliphatic rings. The lowest BCUT2D eigenvalue weighted by atomic mass is 10.2. The van der Waals surface area contributed by atoms with Gasteiger partial charge >= 0.3 is 0 Å². The van der Waals surface area contributed by atoms with Crippen LogP contribution < -0.4 is 0 Å². The van der Waals surface area contributed by atoms with Gasteiger partial charge in [0, 0.05) is 6.20 Å². The van der Waals surface area contributed by atoms with Crippen molar-refractivity contribution in [3.63, 3.8) is 0 Å². The molecule has 0 saturated carbocycles. The van der Waals surface area contributed by atoms with Crippen molar-refractivity contribution >= 4 is 23.8 Å². The molecule has 19 heavy (non-hydrogen) atoms. The van der Waals surface area contributed by atoms with E-state index >= 15 is 0 Å². The molecule has 3 rings (SSSR count). The topological polar surface area (TPSA) is 20.7 Å². The fourth-order valence-electron chi connectivity index (χ4n) is 1.99. The first kappa shape index (κ1) is 12.2. The van der Waals surface area contributed by atoms with Gasteiger partial charge in [-0.15, -0.1) is 0 Å². The molecule has 3 aromatic rings. The predicted molar refractivity (Wildman–Crippen MR) is 81.4 cm³/mol. The maximum absolute atomic E-state index is 6.20. The van der Waals surface area contributed by atoms with Crippen LogP contribution in [0.5, 0.6) is 0 Å². The van der Waals surface area contributed by atoms with Gasteiger partial charge in [-0.25, -0.2) is 0 Å². The van der Waals surface area contributed by atoms with Gasteiger partial charge in [-0.3, -0.25) is 4.57 Å². The monoisotopic (exact) mass is 286 g/mol. The van der Waals surface area contributed by atoms with Crippen molar-refractivity contribution in [2.24, 2.45) is 0 Å². The summed E-state index contributed by atoms with van der Waals surface area (Å²) in [5.74, 6) is 0. The van der Waals surface area contributed by atoms with Crippen LogP contribution in [0.15, 0.2) is 60.8 Å². The lowest BCUT2D eigenvalue weighted by Crippen LogP contribution is -1.92. The number of aromatic amines is 1. The number of halogens is 1. The first-order valence-electron chi connectivity index (χ1n) is 5.88. The quantitative estimate of drug-likeness (QED) is 0.668. The minimum absolute atomic E-state index is 0.631. The molecule has 1 N–H and O–H groups in total. The number of imidazole rings is 1. The molecule has 0 aliphatic carbocycles. The van der Waals surface area contributed by atoms with Crippen molar-refractivity contribution in [3.8, 4) is 16.9 Å². The molecule has 0 bridgehead atoms. The summed E-state index contributed by atoms with van der Waals surface area (Å²) in [6.45, 7) is 0. The second-order valence-corrected chi connectivity index (χ2v) is 4.95. The van der Waals surface area contributed by atoms with E-state index in [1.165, 1.54) is 0 Å². The SMILES string of the molecule is S=c1[nH]c(-c2ccccc2)cn1-c1ccccc1Cl. The second-order valence-electron chi connectivity index (χ2n) is 4.16. The number of rotatable bonds is 2. The van der Waals surface area contributed by atoms with Crippen LogP contribution in [-0.2, 0) is 0 Å². The third-order valence-electron chi connectivity index (χ3n) is 2.92. The number of hydrogen-bond acceptors (Lipinski definition) is 1. The van der Waals surface area contributed by atoms with Crippen LogP contribution in [0.2, 0.25) is 5.02 Å². The predicted octanol–water partition coefficient (Wildman–Crippen LogP) is 4.86. The van der Waals surface area contributed by atoms with Crippen LogP contribution in [0.1, 0.15) is 0 Å². The molecule has 1 aromatic heterocycles. The Morgan fingerprint density at radius 2 is 1.63 bits per heavy atom. The highest BCUT2D eigenvalue weighted by atomic mass is 35.5. The zero-order valence-corrected chi connectivity index (χ0v) is 11.6. The molecule has 94 valence electrons. The van der Waals surface area contributed by atoms with E-state index in [0.29, 0.717) is 9.79 Å². The first-order valence-corrected chi connectivity index (χ1v) is 6.66. The minimum Gasteiger partial charge on any atom is -0.330 e. The lowest BCUT2D eigenvalue weighted by molar-refractivity contribution is 1.03. The number of para-hydroxylation sites is 1. The smallest absolute Gasteiger partial charge is 0.182 e. The Hall–Kier alpha value is -1.84. The van der Waals surface area contributed by atoms with Crippen molar-refractivity contribution < 1.29 is 0 Å². The van der Waals surface area contributed by atoms with Crippen molar-refractivity contribution in [2.75, 3.05) is 0 Å². The maximum Gasteiger partial charge on any atom is 0.182 e. The zero-order valence-electron chi connectivity index (χ0n) is 10.0. The van der Waals surface area contributed by atoms with Gasteiger partial charge in [0.15, 0.2) is 4.77 Å². The summed E-state index contributed by atoms with van der Waals surface area (Å²) in [6, 6.07) is 17.7. The van der Waals surface area contributed by atoms with E-state index in [2.05, 4.69) is 4.98 Å². The number of benzene rings is 2. The second kappa shape index (κ2) is 5.03. The van der Waals surface area contributed by atoms with Crippen LogP contribution in [0, 0.1) is 4.77 Å². The van der Waals surface area contributed by atoms with Gasteiger partial charge in [0.25, 0.3) is 0 Å². The van der Waals surface area contributed by atoms with Crippen molar-refractivity contribution in [3.05, 3.63) is 70.6 Å². The van der Waals surface area contributed by atoms with Gasteiger partial charge in [0.2, 0.25) is 0 Å². The fourth-order valence-corrected chi connectivity index (χ4v) is 2.47. The van der Waals surface area contributed by atoms with Gasteiger partial charge in [0.05, 0.1) is 16.4 Å². The van der Waals surface area contributed by atoms with Gasteiger partial charge in [-0.05, 0) is 29.9 Å². The minimum atomic E-state index is 0.631. The molecular weight excluding hydrogens is 276 g/mol. The molecular formula is C15H11ClN2S. The third-order valence-corrected chi connectivity index (χ3v) is 3.53. The molecule has 2 aromatic carbocycles. The van der Waals surface area contributed by atoms with Gasteiger partial charge < -0.3 is 4.98 Å². The third kappa shape index (κ3) is 2.35. The summed E-state index contributed by atoms with van der Waals surface area (Å²) in [5.41, 5.74) is 2.96. The molecule has 4 heteroatoms. The van der Waals surface area contributed by atoms with E-state index < -0.39 is 0 Å². The molecule has 0 radical (unpaired) electrons. The molecule has 0 spiro atoms. The number of aromatic nitrogens is 2. The number of H-pyrrole nitrogens is 1. The van der Waals surface area contributed by atoms with Crippen LogP contribution >= 0.6 is 23.8 Å². The molecule has 2 nitrogen and oxygen atoms in total. The molecule has 0 fully saturated rings. The van der Waals surface area contributed by atoms with Crippen LogP contribution in [0.3, 0.4) is 0 Å². The number of nitrogens with zero attached hydrogens (tertiary/aromatic N) is 1. The largest absolute Gasteiger partial charge is 0.330 e. The number of hydrogen-bond donors (Lipinski definition) is 1. The Kier molecular flexibility index (Phi) is 3.23. The summed E-state index contributed by atoms with van der Waals surface area (Å²) in [4.78, 5) is 3.21. The Bertz CT molecular complexity index is 759. The normalized spacial score (nSPS) is 10.6. The van der Waals surface area contributed by atoms with Gasteiger partial charge in [-0.2, -0.15) is 0 Å². The fraction of sp³-hybridized carbons (Fsp3) is 0. The average molecular weight is 287 g/mol.